The third-order valence-electron chi connectivity index (χ3n) is 5.79. The number of anilines is 1. The number of aromatic nitrogens is 2. The fourth-order valence-electron chi connectivity index (χ4n) is 4.05. The van der Waals surface area contributed by atoms with Gasteiger partial charge in [0, 0.05) is 19.2 Å². The zero-order chi connectivity index (χ0) is 19.3. The number of likely N-dealkylation sites (tertiary alicyclic amines) is 1. The van der Waals surface area contributed by atoms with Crippen LogP contribution in [0.4, 0.5) is 5.69 Å². The number of fused-ring (bicyclic) bond motifs is 1. The van der Waals surface area contributed by atoms with E-state index >= 15 is 0 Å². The second-order valence-corrected chi connectivity index (χ2v) is 7.75. The van der Waals surface area contributed by atoms with Crippen LogP contribution >= 0.6 is 0 Å². The van der Waals surface area contributed by atoms with Crippen LogP contribution in [0.1, 0.15) is 31.5 Å². The van der Waals surface area contributed by atoms with Crippen molar-refractivity contribution in [3.63, 3.8) is 0 Å². The fourth-order valence-corrected chi connectivity index (χ4v) is 4.05. The number of rotatable bonds is 6. The van der Waals surface area contributed by atoms with Crippen molar-refractivity contribution in [1.29, 1.82) is 0 Å². The molecule has 1 saturated heterocycles. The topological polar surface area (TPSA) is 50.2 Å². The summed E-state index contributed by atoms with van der Waals surface area (Å²) in [5.41, 5.74) is 3.14. The Balaban J connectivity index is 1.23. The predicted molar refractivity (Wildman–Crippen MR) is 113 cm³/mol. The van der Waals surface area contributed by atoms with Crippen molar-refractivity contribution in [3.05, 3.63) is 60.4 Å². The number of hydrogen-bond donors (Lipinski definition) is 1. The Kier molecular flexibility index (Phi) is 5.72. The second-order valence-electron chi connectivity index (χ2n) is 7.75. The number of imidazole rings is 1. The maximum absolute atomic E-state index is 12.2. The largest absolute Gasteiger partial charge is 0.330 e. The smallest absolute Gasteiger partial charge is 0.224 e. The van der Waals surface area contributed by atoms with E-state index < -0.39 is 0 Å². The molecule has 28 heavy (non-hydrogen) atoms. The molecule has 1 fully saturated rings. The van der Waals surface area contributed by atoms with E-state index in [0.29, 0.717) is 12.3 Å². The molecule has 3 aromatic rings. The second kappa shape index (κ2) is 8.57. The highest BCUT2D eigenvalue weighted by atomic mass is 16.1. The van der Waals surface area contributed by atoms with Crippen molar-refractivity contribution in [2.45, 2.75) is 32.2 Å². The zero-order valence-electron chi connectivity index (χ0n) is 16.5. The average molecular weight is 377 g/mol. The molecule has 0 spiro atoms. The van der Waals surface area contributed by atoms with Gasteiger partial charge in [-0.25, -0.2) is 4.98 Å². The lowest BCUT2D eigenvalue weighted by Gasteiger charge is -2.31. The third kappa shape index (κ3) is 4.42. The first-order valence-corrected chi connectivity index (χ1v) is 10.2. The number of nitrogens with zero attached hydrogens (tertiary/aromatic N) is 3. The summed E-state index contributed by atoms with van der Waals surface area (Å²) in [5.74, 6) is 1.88. The molecule has 0 unspecified atom stereocenters. The standard InChI is InChI=1S/C23H28N4O/c1-26-21-10-6-5-9-20(21)25-22(26)17-27-15-13-18(14-16-27)11-12-23(28)24-19-7-3-2-4-8-19/h2-10,18H,11-17H2,1H3,(H,24,28). The molecular weight excluding hydrogens is 348 g/mol. The molecule has 1 amide bonds. The highest BCUT2D eigenvalue weighted by Gasteiger charge is 2.21. The van der Waals surface area contributed by atoms with Crippen LogP contribution in [0.3, 0.4) is 0 Å². The monoisotopic (exact) mass is 376 g/mol. The number of piperidine rings is 1. The van der Waals surface area contributed by atoms with Gasteiger partial charge in [0.05, 0.1) is 17.6 Å². The van der Waals surface area contributed by atoms with Gasteiger partial charge in [0.25, 0.3) is 0 Å². The lowest BCUT2D eigenvalue weighted by molar-refractivity contribution is -0.116. The normalized spacial score (nSPS) is 15.8. The van der Waals surface area contributed by atoms with Crippen LogP contribution in [0.2, 0.25) is 0 Å². The maximum atomic E-state index is 12.2. The summed E-state index contributed by atoms with van der Waals surface area (Å²) in [6.07, 6.45) is 3.88. The van der Waals surface area contributed by atoms with Gasteiger partial charge in [-0.2, -0.15) is 0 Å². The van der Waals surface area contributed by atoms with E-state index in [-0.39, 0.29) is 5.91 Å². The fraction of sp³-hybridized carbons (Fsp3) is 0.391. The van der Waals surface area contributed by atoms with Crippen molar-refractivity contribution in [3.8, 4) is 0 Å². The van der Waals surface area contributed by atoms with Crippen LogP contribution in [0.15, 0.2) is 54.6 Å². The van der Waals surface area contributed by atoms with Crippen molar-refractivity contribution >= 4 is 22.6 Å². The van der Waals surface area contributed by atoms with Gasteiger partial charge in [-0.3, -0.25) is 9.69 Å². The Labute approximate surface area is 166 Å². The highest BCUT2D eigenvalue weighted by molar-refractivity contribution is 5.90. The predicted octanol–water partition coefficient (Wildman–Crippen LogP) is 4.20. The number of amides is 1. The molecular formula is C23H28N4O. The summed E-state index contributed by atoms with van der Waals surface area (Å²) in [6.45, 7) is 3.05. The van der Waals surface area contributed by atoms with Gasteiger partial charge in [0.15, 0.2) is 0 Å². The van der Waals surface area contributed by atoms with E-state index in [0.717, 1.165) is 55.9 Å². The molecule has 2 aromatic carbocycles. The van der Waals surface area contributed by atoms with Crippen LogP contribution in [-0.4, -0.2) is 33.4 Å². The number of carbonyl (C=O) groups excluding carboxylic acids is 1. The van der Waals surface area contributed by atoms with Crippen LogP contribution in [0, 0.1) is 5.92 Å². The van der Waals surface area contributed by atoms with E-state index in [1.165, 1.54) is 5.52 Å². The van der Waals surface area contributed by atoms with Crippen LogP contribution in [-0.2, 0) is 18.4 Å². The van der Waals surface area contributed by atoms with Gasteiger partial charge in [0.2, 0.25) is 5.91 Å². The minimum atomic E-state index is 0.119. The van der Waals surface area contributed by atoms with Gasteiger partial charge in [-0.15, -0.1) is 0 Å². The third-order valence-corrected chi connectivity index (χ3v) is 5.79. The summed E-state index contributed by atoms with van der Waals surface area (Å²) in [7, 11) is 2.10. The van der Waals surface area contributed by atoms with E-state index in [1.54, 1.807) is 0 Å². The van der Waals surface area contributed by atoms with E-state index in [1.807, 2.05) is 36.4 Å². The summed E-state index contributed by atoms with van der Waals surface area (Å²) in [6, 6.07) is 18.0. The van der Waals surface area contributed by atoms with Crippen LogP contribution in [0.5, 0.6) is 0 Å². The van der Waals surface area contributed by atoms with Crippen molar-refractivity contribution in [1.82, 2.24) is 14.5 Å². The average Bonchev–Trinajstić information content (AvgIpc) is 3.04. The molecule has 2 heterocycles. The van der Waals surface area contributed by atoms with Crippen LogP contribution in [0.25, 0.3) is 11.0 Å². The Morgan fingerprint density at radius 1 is 1.07 bits per heavy atom. The van der Waals surface area contributed by atoms with Gasteiger partial charge < -0.3 is 9.88 Å². The number of benzene rings is 2. The molecule has 1 aliphatic rings. The van der Waals surface area contributed by atoms with E-state index in [9.17, 15) is 4.79 Å². The Morgan fingerprint density at radius 2 is 1.79 bits per heavy atom. The lowest BCUT2D eigenvalue weighted by Crippen LogP contribution is -2.34. The quantitative estimate of drug-likeness (QED) is 0.701. The van der Waals surface area contributed by atoms with Gasteiger partial charge in [0.1, 0.15) is 5.82 Å². The molecule has 0 aliphatic carbocycles. The first kappa shape index (κ1) is 18.7. The first-order chi connectivity index (χ1) is 13.7. The summed E-state index contributed by atoms with van der Waals surface area (Å²) in [5, 5.41) is 2.98. The van der Waals surface area contributed by atoms with E-state index in [2.05, 4.69) is 40.0 Å². The number of para-hydroxylation sites is 3. The molecule has 1 aromatic heterocycles. The number of nitrogens with one attached hydrogen (secondary N) is 1. The van der Waals surface area contributed by atoms with Gasteiger partial charge >= 0.3 is 0 Å². The number of hydrogen-bond acceptors (Lipinski definition) is 3. The zero-order valence-corrected chi connectivity index (χ0v) is 16.5. The van der Waals surface area contributed by atoms with Gasteiger partial charge in [-0.05, 0) is 62.5 Å². The van der Waals surface area contributed by atoms with Gasteiger partial charge in [-0.1, -0.05) is 30.3 Å². The molecule has 0 saturated carbocycles. The SMILES string of the molecule is Cn1c(CN2CCC(CCC(=O)Nc3ccccc3)CC2)nc2ccccc21. The Morgan fingerprint density at radius 3 is 2.54 bits per heavy atom. The summed E-state index contributed by atoms with van der Waals surface area (Å²) < 4.78 is 2.20. The summed E-state index contributed by atoms with van der Waals surface area (Å²) in [4.78, 5) is 19.4. The molecule has 1 aliphatic heterocycles. The van der Waals surface area contributed by atoms with Crippen molar-refractivity contribution in [2.24, 2.45) is 13.0 Å². The molecule has 5 heteroatoms. The molecule has 0 atom stereocenters. The Bertz CT molecular complexity index is 926. The number of aryl methyl sites for hydroxylation is 1. The summed E-state index contributed by atoms with van der Waals surface area (Å²) >= 11 is 0. The maximum Gasteiger partial charge on any atom is 0.224 e. The molecule has 0 radical (unpaired) electrons. The van der Waals surface area contributed by atoms with E-state index in [4.69, 9.17) is 4.98 Å². The minimum Gasteiger partial charge on any atom is -0.330 e. The molecule has 0 bridgehead atoms. The molecule has 146 valence electrons. The minimum absolute atomic E-state index is 0.119. The van der Waals surface area contributed by atoms with Crippen molar-refractivity contribution in [2.75, 3.05) is 18.4 Å². The molecule has 1 N–H and O–H groups in total. The van der Waals surface area contributed by atoms with Crippen LogP contribution < -0.4 is 5.32 Å². The highest BCUT2D eigenvalue weighted by Crippen LogP contribution is 2.24. The molecule has 4 rings (SSSR count). The lowest BCUT2D eigenvalue weighted by atomic mass is 9.92. The first-order valence-electron chi connectivity index (χ1n) is 10.2. The number of carbonyl (C=O) groups is 1. The van der Waals surface area contributed by atoms with Crippen molar-refractivity contribution < 1.29 is 4.79 Å². The Hall–Kier alpha value is -2.66. The molecule has 5 nitrogen and oxygen atoms in total.